The average Bonchev–Trinajstić information content (AvgIpc) is 2.68. The van der Waals surface area contributed by atoms with Gasteiger partial charge < -0.3 is 5.32 Å². The molecule has 2 nitrogen and oxygen atoms in total. The number of benzene rings is 1. The van der Waals surface area contributed by atoms with Gasteiger partial charge in [-0.1, -0.05) is 19.1 Å². The molecule has 1 aliphatic heterocycles. The third-order valence-electron chi connectivity index (χ3n) is 4.23. The van der Waals surface area contributed by atoms with E-state index in [4.69, 9.17) is 0 Å². The fraction of sp³-hybridized carbons (Fsp3) is 0.625. The van der Waals surface area contributed by atoms with Gasteiger partial charge in [0.05, 0.1) is 0 Å². The molecule has 1 saturated heterocycles. The van der Waals surface area contributed by atoms with Gasteiger partial charge in [0.25, 0.3) is 0 Å². The van der Waals surface area contributed by atoms with Crippen LogP contribution in [0.1, 0.15) is 44.2 Å². The summed E-state index contributed by atoms with van der Waals surface area (Å²) in [5, 5.41) is 3.45. The second kappa shape index (κ2) is 7.01. The number of nitrogens with zero attached hydrogens (tertiary/aromatic N) is 1. The van der Waals surface area contributed by atoms with E-state index in [9.17, 15) is 4.39 Å². The molecule has 0 spiro atoms. The van der Waals surface area contributed by atoms with Crippen LogP contribution in [0.3, 0.4) is 0 Å². The van der Waals surface area contributed by atoms with Crippen LogP contribution in [0.2, 0.25) is 0 Å². The Balaban J connectivity index is 2.11. The van der Waals surface area contributed by atoms with E-state index in [1.165, 1.54) is 25.3 Å². The van der Waals surface area contributed by atoms with Crippen LogP contribution < -0.4 is 5.32 Å². The molecule has 0 amide bonds. The second-order valence-corrected chi connectivity index (χ2v) is 5.48. The second-order valence-electron chi connectivity index (χ2n) is 5.48. The van der Waals surface area contributed by atoms with Gasteiger partial charge in [0.15, 0.2) is 0 Å². The van der Waals surface area contributed by atoms with Gasteiger partial charge in [-0.3, -0.25) is 4.90 Å². The minimum atomic E-state index is -0.133. The Hall–Kier alpha value is -0.930. The highest BCUT2D eigenvalue weighted by atomic mass is 19.1. The molecule has 0 radical (unpaired) electrons. The Labute approximate surface area is 116 Å². The van der Waals surface area contributed by atoms with Gasteiger partial charge in [0.2, 0.25) is 0 Å². The van der Waals surface area contributed by atoms with Crippen LogP contribution in [0.5, 0.6) is 0 Å². The van der Waals surface area contributed by atoms with E-state index in [0.29, 0.717) is 12.1 Å². The van der Waals surface area contributed by atoms with Crippen LogP contribution >= 0.6 is 0 Å². The van der Waals surface area contributed by atoms with Gasteiger partial charge in [0.1, 0.15) is 5.82 Å². The molecule has 0 saturated carbocycles. The summed E-state index contributed by atoms with van der Waals surface area (Å²) in [5.74, 6) is -0.133. The highest BCUT2D eigenvalue weighted by Gasteiger charge is 2.23. The third-order valence-corrected chi connectivity index (χ3v) is 4.23. The van der Waals surface area contributed by atoms with E-state index in [-0.39, 0.29) is 5.82 Å². The molecule has 0 bridgehead atoms. The minimum Gasteiger partial charge on any atom is -0.317 e. The van der Waals surface area contributed by atoms with Crippen molar-refractivity contribution in [3.63, 3.8) is 0 Å². The van der Waals surface area contributed by atoms with E-state index in [0.717, 1.165) is 25.1 Å². The van der Waals surface area contributed by atoms with E-state index in [2.05, 4.69) is 24.2 Å². The monoisotopic (exact) mass is 264 g/mol. The highest BCUT2D eigenvalue weighted by molar-refractivity contribution is 5.20. The quantitative estimate of drug-likeness (QED) is 0.897. The first-order valence-corrected chi connectivity index (χ1v) is 7.40. The summed E-state index contributed by atoms with van der Waals surface area (Å²) in [6.07, 6.45) is 4.66. The first-order chi connectivity index (χ1) is 9.22. The van der Waals surface area contributed by atoms with Gasteiger partial charge in [-0.05, 0) is 63.5 Å². The lowest BCUT2D eigenvalue weighted by molar-refractivity contribution is 0.156. The summed E-state index contributed by atoms with van der Waals surface area (Å²) in [7, 11) is 2.19. The maximum Gasteiger partial charge on any atom is 0.123 e. The molecule has 19 heavy (non-hydrogen) atoms. The molecule has 2 rings (SSSR count). The van der Waals surface area contributed by atoms with Crippen molar-refractivity contribution in [1.29, 1.82) is 0 Å². The molecule has 1 aromatic rings. The van der Waals surface area contributed by atoms with Crippen molar-refractivity contribution in [1.82, 2.24) is 10.2 Å². The Morgan fingerprint density at radius 3 is 2.95 bits per heavy atom. The van der Waals surface area contributed by atoms with Crippen molar-refractivity contribution in [3.05, 3.63) is 35.6 Å². The molecule has 1 fully saturated rings. The summed E-state index contributed by atoms with van der Waals surface area (Å²) in [4.78, 5) is 2.45. The van der Waals surface area contributed by atoms with Gasteiger partial charge in [-0.15, -0.1) is 0 Å². The summed E-state index contributed by atoms with van der Waals surface area (Å²) in [5.41, 5.74) is 1.10. The van der Waals surface area contributed by atoms with Crippen LogP contribution in [-0.2, 0) is 0 Å². The zero-order chi connectivity index (χ0) is 13.7. The van der Waals surface area contributed by atoms with Gasteiger partial charge in [-0.25, -0.2) is 4.39 Å². The molecular weight excluding hydrogens is 239 g/mol. The normalized spacial score (nSPS) is 22.2. The predicted octanol–water partition coefficient (Wildman–Crippen LogP) is 3.35. The topological polar surface area (TPSA) is 15.3 Å². The SMILES string of the molecule is CCC(c1cccc(F)c1)N(C)C1CCCNCC1. The number of nitrogens with one attached hydrogen (secondary N) is 1. The summed E-state index contributed by atoms with van der Waals surface area (Å²) >= 11 is 0. The van der Waals surface area contributed by atoms with Crippen LogP contribution in [0.25, 0.3) is 0 Å². The number of hydrogen-bond acceptors (Lipinski definition) is 2. The fourth-order valence-electron chi connectivity index (χ4n) is 3.14. The summed E-state index contributed by atoms with van der Waals surface area (Å²) in [6.45, 7) is 4.40. The van der Waals surface area contributed by atoms with E-state index >= 15 is 0 Å². The van der Waals surface area contributed by atoms with Crippen molar-refractivity contribution in [2.24, 2.45) is 0 Å². The van der Waals surface area contributed by atoms with Gasteiger partial charge in [-0.2, -0.15) is 0 Å². The first kappa shape index (κ1) is 14.5. The van der Waals surface area contributed by atoms with Crippen molar-refractivity contribution < 1.29 is 4.39 Å². The van der Waals surface area contributed by atoms with Crippen molar-refractivity contribution >= 4 is 0 Å². The lowest BCUT2D eigenvalue weighted by atomic mass is 9.99. The molecular formula is C16H25FN2. The van der Waals surface area contributed by atoms with Crippen molar-refractivity contribution in [3.8, 4) is 0 Å². The maximum absolute atomic E-state index is 13.4. The van der Waals surface area contributed by atoms with Gasteiger partial charge in [0, 0.05) is 12.1 Å². The minimum absolute atomic E-state index is 0.133. The molecule has 0 aromatic heterocycles. The molecule has 2 unspecified atom stereocenters. The number of hydrogen-bond donors (Lipinski definition) is 1. The van der Waals surface area contributed by atoms with E-state index < -0.39 is 0 Å². The fourth-order valence-corrected chi connectivity index (χ4v) is 3.14. The Morgan fingerprint density at radius 2 is 2.21 bits per heavy atom. The molecule has 1 aromatic carbocycles. The lowest BCUT2D eigenvalue weighted by Crippen LogP contribution is -2.35. The van der Waals surface area contributed by atoms with E-state index in [1.807, 2.05) is 12.1 Å². The zero-order valence-electron chi connectivity index (χ0n) is 12.0. The molecule has 2 atom stereocenters. The number of rotatable bonds is 4. The molecule has 0 aliphatic carbocycles. The summed E-state index contributed by atoms with van der Waals surface area (Å²) < 4.78 is 13.4. The third kappa shape index (κ3) is 3.77. The van der Waals surface area contributed by atoms with Crippen LogP contribution in [-0.4, -0.2) is 31.1 Å². The Bertz CT molecular complexity index is 386. The lowest BCUT2D eigenvalue weighted by Gasteiger charge is -2.34. The summed E-state index contributed by atoms with van der Waals surface area (Å²) in [6, 6.07) is 7.98. The molecule has 106 valence electrons. The maximum atomic E-state index is 13.4. The largest absolute Gasteiger partial charge is 0.317 e. The van der Waals surface area contributed by atoms with Crippen LogP contribution in [0.15, 0.2) is 24.3 Å². The van der Waals surface area contributed by atoms with Crippen molar-refractivity contribution in [2.75, 3.05) is 20.1 Å². The molecule has 1 aliphatic rings. The highest BCUT2D eigenvalue weighted by Crippen LogP contribution is 2.28. The first-order valence-electron chi connectivity index (χ1n) is 7.40. The van der Waals surface area contributed by atoms with E-state index in [1.54, 1.807) is 6.07 Å². The van der Waals surface area contributed by atoms with Crippen LogP contribution in [0, 0.1) is 5.82 Å². The average molecular weight is 264 g/mol. The molecule has 3 heteroatoms. The smallest absolute Gasteiger partial charge is 0.123 e. The zero-order valence-corrected chi connectivity index (χ0v) is 12.0. The Morgan fingerprint density at radius 1 is 1.37 bits per heavy atom. The Kier molecular flexibility index (Phi) is 5.34. The molecule has 1 heterocycles. The van der Waals surface area contributed by atoms with Crippen molar-refractivity contribution in [2.45, 2.75) is 44.7 Å². The number of halogens is 1. The van der Waals surface area contributed by atoms with Crippen LogP contribution in [0.4, 0.5) is 4.39 Å². The van der Waals surface area contributed by atoms with Gasteiger partial charge >= 0.3 is 0 Å². The molecule has 1 N–H and O–H groups in total. The standard InChI is InChI=1S/C16H25FN2/c1-3-16(13-6-4-7-14(17)12-13)19(2)15-8-5-10-18-11-9-15/h4,6-7,12,15-16,18H,3,5,8-11H2,1-2H3. The predicted molar refractivity (Wildman–Crippen MR) is 77.7 cm³/mol.